The van der Waals surface area contributed by atoms with Crippen LogP contribution in [0.1, 0.15) is 37.3 Å². The first kappa shape index (κ1) is 24.7. The van der Waals surface area contributed by atoms with Crippen LogP contribution in [0.4, 0.5) is 20.2 Å². The van der Waals surface area contributed by atoms with Gasteiger partial charge in [-0.05, 0) is 38.0 Å². The molecular formula is C24H24ClF2N5O3. The van der Waals surface area contributed by atoms with E-state index in [1.54, 1.807) is 30.0 Å². The van der Waals surface area contributed by atoms with Crippen LogP contribution in [-0.2, 0) is 15.1 Å². The van der Waals surface area contributed by atoms with Crippen LogP contribution in [0.3, 0.4) is 0 Å². The Morgan fingerprint density at radius 2 is 2.06 bits per heavy atom. The van der Waals surface area contributed by atoms with Crippen molar-refractivity contribution in [3.05, 3.63) is 52.5 Å². The summed E-state index contributed by atoms with van der Waals surface area (Å²) in [6.07, 6.45) is 1.43. The van der Waals surface area contributed by atoms with E-state index in [0.29, 0.717) is 37.3 Å². The molecule has 184 valence electrons. The van der Waals surface area contributed by atoms with E-state index >= 15 is 0 Å². The third kappa shape index (κ3) is 5.16. The second kappa shape index (κ2) is 10.1. The van der Waals surface area contributed by atoms with Crippen molar-refractivity contribution in [2.24, 2.45) is 10.7 Å². The molecule has 2 aliphatic rings. The Bertz CT molecular complexity index is 1200. The van der Waals surface area contributed by atoms with E-state index in [9.17, 15) is 13.6 Å². The van der Waals surface area contributed by atoms with E-state index in [-0.39, 0.29) is 46.4 Å². The summed E-state index contributed by atoms with van der Waals surface area (Å²) >= 11 is 6.72. The number of benzene rings is 2. The maximum absolute atomic E-state index is 13.1. The van der Waals surface area contributed by atoms with Gasteiger partial charge < -0.3 is 20.5 Å². The minimum absolute atomic E-state index is 0.0577. The predicted octanol–water partition coefficient (Wildman–Crippen LogP) is 4.50. The molecule has 1 amide bonds. The van der Waals surface area contributed by atoms with Gasteiger partial charge in [-0.1, -0.05) is 23.7 Å². The molecule has 1 fully saturated rings. The quantitative estimate of drug-likeness (QED) is 0.600. The highest BCUT2D eigenvalue weighted by Crippen LogP contribution is 2.42. The molecule has 0 radical (unpaired) electrons. The fourth-order valence-electron chi connectivity index (χ4n) is 4.42. The largest absolute Gasteiger partial charge is 0.433 e. The normalized spacial score (nSPS) is 21.0. The minimum Gasteiger partial charge on any atom is -0.433 e. The molecule has 35 heavy (non-hydrogen) atoms. The summed E-state index contributed by atoms with van der Waals surface area (Å²) in [5, 5.41) is 12.3. The molecule has 0 aromatic heterocycles. The number of anilines is 2. The molecule has 2 aliphatic heterocycles. The van der Waals surface area contributed by atoms with E-state index < -0.39 is 12.2 Å². The van der Waals surface area contributed by atoms with E-state index in [1.807, 2.05) is 6.07 Å². The van der Waals surface area contributed by atoms with Crippen LogP contribution >= 0.6 is 11.6 Å². The molecule has 2 aromatic carbocycles. The lowest BCUT2D eigenvalue weighted by molar-refractivity contribution is -0.132. The van der Waals surface area contributed by atoms with Crippen molar-refractivity contribution in [3.8, 4) is 11.8 Å². The fourth-order valence-corrected chi connectivity index (χ4v) is 4.80. The molecule has 2 heterocycles. The van der Waals surface area contributed by atoms with Gasteiger partial charge in [-0.2, -0.15) is 14.0 Å². The zero-order valence-corrected chi connectivity index (χ0v) is 19.7. The summed E-state index contributed by atoms with van der Waals surface area (Å²) in [7, 11) is 0. The Morgan fingerprint density at radius 1 is 1.31 bits per heavy atom. The maximum Gasteiger partial charge on any atom is 0.387 e. The third-order valence-corrected chi connectivity index (χ3v) is 6.51. The summed E-state index contributed by atoms with van der Waals surface area (Å²) in [6, 6.07) is 11.1. The number of nitriles is 1. The number of hydrogen-bond acceptors (Lipinski definition) is 7. The zero-order valence-electron chi connectivity index (χ0n) is 18.9. The van der Waals surface area contributed by atoms with E-state index in [1.165, 1.54) is 18.2 Å². The van der Waals surface area contributed by atoms with Crippen LogP contribution in [0, 0.1) is 11.3 Å². The van der Waals surface area contributed by atoms with Crippen LogP contribution in [0.2, 0.25) is 5.02 Å². The standard InChI is InChI=1S/C24H24ClF2N5O3/c1-24(12-20(33)32(23(29)31-24)15-7-9-34-10-8-15)16-3-2-4-18(21(16)25)30-17-6-5-14(13-28)11-19(17)35-22(26)27/h2-6,11,15,22,30H,7-10,12H2,1H3,(H2,29,31)/t24-/m0/s1. The Hall–Kier alpha value is -3.42. The van der Waals surface area contributed by atoms with Gasteiger partial charge in [-0.3, -0.25) is 9.69 Å². The van der Waals surface area contributed by atoms with Crippen molar-refractivity contribution < 1.29 is 23.0 Å². The Balaban J connectivity index is 1.66. The number of nitrogens with two attached hydrogens (primary N) is 1. The molecule has 0 aliphatic carbocycles. The molecule has 1 saturated heterocycles. The van der Waals surface area contributed by atoms with Crippen LogP contribution in [0.15, 0.2) is 41.4 Å². The number of nitrogens with zero attached hydrogens (tertiary/aromatic N) is 3. The number of carbonyl (C=O) groups excluding carboxylic acids is 1. The van der Waals surface area contributed by atoms with Gasteiger partial charge in [0.25, 0.3) is 0 Å². The molecule has 4 rings (SSSR count). The van der Waals surface area contributed by atoms with Crippen LogP contribution < -0.4 is 15.8 Å². The molecule has 11 heteroatoms. The van der Waals surface area contributed by atoms with Gasteiger partial charge in [0.15, 0.2) is 11.7 Å². The highest BCUT2D eigenvalue weighted by atomic mass is 35.5. The number of ether oxygens (including phenoxy) is 2. The van der Waals surface area contributed by atoms with Crippen molar-refractivity contribution in [3.63, 3.8) is 0 Å². The van der Waals surface area contributed by atoms with E-state index in [4.69, 9.17) is 27.3 Å². The first-order chi connectivity index (χ1) is 16.7. The third-order valence-electron chi connectivity index (χ3n) is 6.10. The zero-order chi connectivity index (χ0) is 25.2. The number of amides is 1. The van der Waals surface area contributed by atoms with E-state index in [2.05, 4.69) is 15.0 Å². The second-order valence-corrected chi connectivity index (χ2v) is 8.90. The molecule has 0 bridgehead atoms. The number of aliphatic imine (C=N–C) groups is 1. The summed E-state index contributed by atoms with van der Waals surface area (Å²) in [6.45, 7) is -0.178. The highest BCUT2D eigenvalue weighted by molar-refractivity contribution is 6.34. The van der Waals surface area contributed by atoms with Gasteiger partial charge in [-0.15, -0.1) is 0 Å². The van der Waals surface area contributed by atoms with E-state index in [0.717, 1.165) is 0 Å². The number of guanidine groups is 1. The molecule has 3 N–H and O–H groups in total. The number of carbonyl (C=O) groups is 1. The fraction of sp³-hybridized carbons (Fsp3) is 0.375. The number of alkyl halides is 2. The lowest BCUT2D eigenvalue weighted by Crippen LogP contribution is -2.55. The van der Waals surface area contributed by atoms with Crippen LogP contribution in [0.25, 0.3) is 0 Å². The molecule has 8 nitrogen and oxygen atoms in total. The van der Waals surface area contributed by atoms with Crippen molar-refractivity contribution in [1.82, 2.24) is 4.90 Å². The summed E-state index contributed by atoms with van der Waals surface area (Å²) in [5.41, 5.74) is 6.54. The smallest absolute Gasteiger partial charge is 0.387 e. The predicted molar refractivity (Wildman–Crippen MR) is 127 cm³/mol. The van der Waals surface area contributed by atoms with Crippen LogP contribution in [-0.4, -0.2) is 42.6 Å². The lowest BCUT2D eigenvalue weighted by atomic mass is 9.86. The Kier molecular flexibility index (Phi) is 7.10. The molecule has 2 aromatic rings. The lowest BCUT2D eigenvalue weighted by Gasteiger charge is -2.40. The number of nitrogens with one attached hydrogen (secondary N) is 1. The topological polar surface area (TPSA) is 113 Å². The molecule has 0 spiro atoms. The highest BCUT2D eigenvalue weighted by Gasteiger charge is 2.41. The SMILES string of the molecule is C[C@@]1(c2cccc(Nc3ccc(C#N)cc3OC(F)F)c2Cl)CC(=O)N(C2CCOCC2)C(N)=N1. The van der Waals surface area contributed by atoms with Gasteiger partial charge in [0.1, 0.15) is 0 Å². The molecule has 0 saturated carbocycles. The second-order valence-electron chi connectivity index (χ2n) is 8.52. The Morgan fingerprint density at radius 3 is 2.71 bits per heavy atom. The summed E-state index contributed by atoms with van der Waals surface area (Å²) in [5.74, 6) is -0.222. The monoisotopic (exact) mass is 503 g/mol. The van der Waals surface area contributed by atoms with Gasteiger partial charge in [0, 0.05) is 30.9 Å². The van der Waals surface area contributed by atoms with Crippen molar-refractivity contribution >= 4 is 34.8 Å². The van der Waals surface area contributed by atoms with Gasteiger partial charge in [0.2, 0.25) is 5.91 Å². The van der Waals surface area contributed by atoms with Crippen molar-refractivity contribution in [2.45, 2.75) is 44.4 Å². The number of hydrogen-bond donors (Lipinski definition) is 2. The molecule has 0 unspecified atom stereocenters. The minimum atomic E-state index is -3.07. The average molecular weight is 504 g/mol. The van der Waals surface area contributed by atoms with Crippen molar-refractivity contribution in [1.29, 1.82) is 5.26 Å². The Labute approximate surface area is 206 Å². The molecule has 1 atom stereocenters. The summed E-state index contributed by atoms with van der Waals surface area (Å²) < 4.78 is 35.8. The first-order valence-electron chi connectivity index (χ1n) is 11.0. The van der Waals surface area contributed by atoms with Crippen LogP contribution in [0.5, 0.6) is 5.75 Å². The molecular weight excluding hydrogens is 480 g/mol. The number of rotatable bonds is 6. The number of halogens is 3. The first-order valence-corrected chi connectivity index (χ1v) is 11.4. The maximum atomic E-state index is 13.1. The van der Waals surface area contributed by atoms with Gasteiger partial charge >= 0.3 is 6.61 Å². The summed E-state index contributed by atoms with van der Waals surface area (Å²) in [4.78, 5) is 19.4. The average Bonchev–Trinajstić information content (AvgIpc) is 2.81. The van der Waals surface area contributed by atoms with Gasteiger partial charge in [-0.25, -0.2) is 4.99 Å². The van der Waals surface area contributed by atoms with Crippen molar-refractivity contribution in [2.75, 3.05) is 18.5 Å². The van der Waals surface area contributed by atoms with Gasteiger partial charge in [0.05, 0.1) is 40.0 Å².